The van der Waals surface area contributed by atoms with Crippen molar-refractivity contribution in [3.63, 3.8) is 0 Å². The van der Waals surface area contributed by atoms with Crippen LogP contribution in [0.4, 0.5) is 24.7 Å². The minimum atomic E-state index is -5.00. The molecule has 34 heavy (non-hydrogen) atoms. The normalized spacial score (nSPS) is 16.4. The third kappa shape index (κ3) is 6.91. The van der Waals surface area contributed by atoms with Crippen molar-refractivity contribution in [3.8, 4) is 0 Å². The molecule has 1 aromatic heterocycles. The molecule has 1 aliphatic rings. The maximum Gasteiger partial charge on any atom is 0.544 e. The number of ketones is 1. The van der Waals surface area contributed by atoms with Gasteiger partial charge in [0.2, 0.25) is 0 Å². The van der Waals surface area contributed by atoms with Gasteiger partial charge in [0.25, 0.3) is 5.91 Å². The van der Waals surface area contributed by atoms with Gasteiger partial charge in [0.15, 0.2) is 11.6 Å². The quantitative estimate of drug-likeness (QED) is 0.495. The maximum absolute atomic E-state index is 13.1. The van der Waals surface area contributed by atoms with E-state index in [1.807, 2.05) is 0 Å². The summed E-state index contributed by atoms with van der Waals surface area (Å²) in [5.41, 5.74) is 0.582. The van der Waals surface area contributed by atoms with Crippen LogP contribution in [-0.2, 0) is 14.4 Å². The standard InChI is InChI=1S/C23H25ClF3N3O4/c1-14(2)17-11-21(30(34-23(25,26)27)16-7-5-6-15(24)10-16)28-12-18(17)22(32)29-13-19(31)20-8-3-4-9-33-20/h5-7,10-12,14,20H,3-4,8-9,13H2,1-2H3,(H,29,32). The average molecular weight is 500 g/mol. The molecule has 1 amide bonds. The third-order valence-corrected chi connectivity index (χ3v) is 5.43. The van der Waals surface area contributed by atoms with E-state index in [2.05, 4.69) is 15.1 Å². The lowest BCUT2D eigenvalue weighted by molar-refractivity contribution is -0.325. The SMILES string of the molecule is CC(C)c1cc(N(OC(F)(F)F)c2cccc(Cl)c2)ncc1C(=O)NCC(=O)C1CCCCO1. The molecule has 2 aromatic rings. The summed E-state index contributed by atoms with van der Waals surface area (Å²) in [6, 6.07) is 7.01. The highest BCUT2D eigenvalue weighted by atomic mass is 35.5. The third-order valence-electron chi connectivity index (χ3n) is 5.20. The van der Waals surface area contributed by atoms with Gasteiger partial charge in [0.1, 0.15) is 6.10 Å². The lowest BCUT2D eigenvalue weighted by Gasteiger charge is -2.25. The van der Waals surface area contributed by atoms with Crippen molar-refractivity contribution >= 4 is 34.8 Å². The molecule has 184 valence electrons. The number of carbonyl (C=O) groups excluding carboxylic acids is 2. The molecule has 1 atom stereocenters. The van der Waals surface area contributed by atoms with Crippen LogP contribution in [-0.4, -0.2) is 42.3 Å². The fourth-order valence-electron chi connectivity index (χ4n) is 3.55. The van der Waals surface area contributed by atoms with Crippen molar-refractivity contribution in [2.75, 3.05) is 18.2 Å². The van der Waals surface area contributed by atoms with Crippen LogP contribution in [0.5, 0.6) is 0 Å². The molecule has 1 fully saturated rings. The van der Waals surface area contributed by atoms with Crippen molar-refractivity contribution in [3.05, 3.63) is 52.7 Å². The predicted molar refractivity (Wildman–Crippen MR) is 120 cm³/mol. The zero-order valence-corrected chi connectivity index (χ0v) is 19.4. The van der Waals surface area contributed by atoms with Gasteiger partial charge in [-0.1, -0.05) is 31.5 Å². The summed E-state index contributed by atoms with van der Waals surface area (Å²) in [4.78, 5) is 33.3. The van der Waals surface area contributed by atoms with Crippen LogP contribution < -0.4 is 10.4 Å². The van der Waals surface area contributed by atoms with E-state index >= 15 is 0 Å². The van der Waals surface area contributed by atoms with Crippen molar-refractivity contribution in [1.82, 2.24) is 10.3 Å². The van der Waals surface area contributed by atoms with Gasteiger partial charge in [0, 0.05) is 17.8 Å². The fourth-order valence-corrected chi connectivity index (χ4v) is 3.73. The number of pyridine rings is 1. The van der Waals surface area contributed by atoms with Gasteiger partial charge < -0.3 is 10.1 Å². The molecule has 2 heterocycles. The Morgan fingerprint density at radius 1 is 1.29 bits per heavy atom. The van der Waals surface area contributed by atoms with Gasteiger partial charge in [-0.05, 0) is 55.0 Å². The van der Waals surface area contributed by atoms with Gasteiger partial charge >= 0.3 is 6.36 Å². The first kappa shape index (κ1) is 25.9. The van der Waals surface area contributed by atoms with Gasteiger partial charge in [-0.3, -0.25) is 9.59 Å². The van der Waals surface area contributed by atoms with E-state index in [1.54, 1.807) is 13.8 Å². The van der Waals surface area contributed by atoms with E-state index in [-0.39, 0.29) is 40.3 Å². The molecule has 0 radical (unpaired) electrons. The lowest BCUT2D eigenvalue weighted by atomic mass is 9.98. The monoisotopic (exact) mass is 499 g/mol. The number of halogens is 4. The largest absolute Gasteiger partial charge is 0.544 e. The first-order chi connectivity index (χ1) is 16.0. The highest BCUT2D eigenvalue weighted by Crippen LogP contribution is 2.33. The molecule has 0 spiro atoms. The summed E-state index contributed by atoms with van der Waals surface area (Å²) >= 11 is 5.94. The van der Waals surface area contributed by atoms with Crippen LogP contribution >= 0.6 is 11.6 Å². The molecule has 0 saturated carbocycles. The topological polar surface area (TPSA) is 80.8 Å². The molecular formula is C23H25ClF3N3O4. The second kappa shape index (κ2) is 11.2. The van der Waals surface area contributed by atoms with E-state index in [0.29, 0.717) is 23.7 Å². The number of hydrogen-bond acceptors (Lipinski definition) is 6. The Kier molecular flexibility index (Phi) is 8.51. The van der Waals surface area contributed by atoms with Gasteiger partial charge in [-0.2, -0.15) is 9.90 Å². The number of anilines is 2. The first-order valence-corrected chi connectivity index (χ1v) is 11.2. The zero-order chi connectivity index (χ0) is 24.9. The molecule has 1 unspecified atom stereocenters. The van der Waals surface area contributed by atoms with Crippen LogP contribution in [0, 0.1) is 0 Å². The minimum absolute atomic E-state index is 0.00214. The zero-order valence-electron chi connectivity index (χ0n) is 18.7. The van der Waals surface area contributed by atoms with Gasteiger partial charge in [0.05, 0.1) is 17.8 Å². The highest BCUT2D eigenvalue weighted by molar-refractivity contribution is 6.30. The molecule has 3 rings (SSSR count). The van der Waals surface area contributed by atoms with Crippen LogP contribution in [0.3, 0.4) is 0 Å². The number of nitrogens with one attached hydrogen (secondary N) is 1. The highest BCUT2D eigenvalue weighted by Gasteiger charge is 2.35. The number of amides is 1. The Morgan fingerprint density at radius 3 is 2.68 bits per heavy atom. The van der Waals surface area contributed by atoms with Gasteiger partial charge in [-0.15, -0.1) is 13.2 Å². The van der Waals surface area contributed by atoms with Crippen molar-refractivity contribution < 1.29 is 32.3 Å². The number of benzene rings is 1. The number of hydrogen-bond donors (Lipinski definition) is 1. The van der Waals surface area contributed by atoms with E-state index in [4.69, 9.17) is 16.3 Å². The van der Waals surface area contributed by atoms with Crippen LogP contribution in [0.1, 0.15) is 54.9 Å². The van der Waals surface area contributed by atoms with E-state index in [1.165, 1.54) is 36.5 Å². The number of rotatable bonds is 8. The molecule has 1 saturated heterocycles. The fraction of sp³-hybridized carbons (Fsp3) is 0.435. The second-order valence-corrected chi connectivity index (χ2v) is 8.54. The summed E-state index contributed by atoms with van der Waals surface area (Å²) in [6.07, 6.45) is -1.98. The Balaban J connectivity index is 1.85. The Labute approximate surface area is 200 Å². The maximum atomic E-state index is 13.1. The summed E-state index contributed by atoms with van der Waals surface area (Å²) in [6.45, 7) is 3.86. The summed E-state index contributed by atoms with van der Waals surface area (Å²) in [7, 11) is 0. The number of aromatic nitrogens is 1. The van der Waals surface area contributed by atoms with Crippen LogP contribution in [0.25, 0.3) is 0 Å². The number of Topliss-reactive ketones (excluding diaryl/α,β-unsaturated/α-hetero) is 1. The van der Waals surface area contributed by atoms with Crippen molar-refractivity contribution in [2.45, 2.75) is 51.5 Å². The Morgan fingerprint density at radius 2 is 2.06 bits per heavy atom. The van der Waals surface area contributed by atoms with Crippen molar-refractivity contribution in [2.24, 2.45) is 0 Å². The number of carbonyl (C=O) groups is 2. The molecule has 1 aliphatic heterocycles. The van der Waals surface area contributed by atoms with Crippen LogP contribution in [0.2, 0.25) is 5.02 Å². The second-order valence-electron chi connectivity index (χ2n) is 8.10. The smallest absolute Gasteiger partial charge is 0.370 e. The first-order valence-electron chi connectivity index (χ1n) is 10.8. The number of alkyl halides is 3. The lowest BCUT2D eigenvalue weighted by Crippen LogP contribution is -2.38. The van der Waals surface area contributed by atoms with Gasteiger partial charge in [-0.25, -0.2) is 4.98 Å². The Hall–Kier alpha value is -2.69. The summed E-state index contributed by atoms with van der Waals surface area (Å²) in [5, 5.41) is 3.28. The Bertz CT molecular complexity index is 1030. The summed E-state index contributed by atoms with van der Waals surface area (Å²) < 4.78 is 44.9. The number of nitrogens with zero attached hydrogens (tertiary/aromatic N) is 2. The predicted octanol–water partition coefficient (Wildman–Crippen LogP) is 5.32. The van der Waals surface area contributed by atoms with Crippen molar-refractivity contribution in [1.29, 1.82) is 0 Å². The minimum Gasteiger partial charge on any atom is -0.370 e. The number of ether oxygens (including phenoxy) is 1. The average Bonchev–Trinajstić information content (AvgIpc) is 2.80. The molecule has 0 aliphatic carbocycles. The molecule has 0 bridgehead atoms. The molecule has 1 aromatic carbocycles. The molecule has 11 heteroatoms. The molecular weight excluding hydrogens is 475 g/mol. The molecule has 7 nitrogen and oxygen atoms in total. The molecule has 1 N–H and O–H groups in total. The summed E-state index contributed by atoms with van der Waals surface area (Å²) in [5.74, 6) is -1.22. The van der Waals surface area contributed by atoms with E-state index in [9.17, 15) is 22.8 Å². The van der Waals surface area contributed by atoms with E-state index in [0.717, 1.165) is 12.8 Å². The van der Waals surface area contributed by atoms with Crippen LogP contribution in [0.15, 0.2) is 36.5 Å². The van der Waals surface area contributed by atoms with E-state index < -0.39 is 18.4 Å².